The van der Waals surface area contributed by atoms with E-state index in [1.165, 1.54) is 5.56 Å². The van der Waals surface area contributed by atoms with Crippen molar-refractivity contribution in [3.05, 3.63) is 66.6 Å². The zero-order chi connectivity index (χ0) is 16.4. The number of anilines is 1. The highest BCUT2D eigenvalue weighted by Gasteiger charge is 2.07. The number of rotatable bonds is 5. The van der Waals surface area contributed by atoms with Crippen molar-refractivity contribution in [2.45, 2.75) is 13.1 Å². The SMILES string of the molecule is Cn1cnc2cnc(NCc3nccn3Cc3ccccc3)nc21. The minimum atomic E-state index is 0.559. The van der Waals surface area contributed by atoms with E-state index in [1.54, 1.807) is 12.5 Å². The van der Waals surface area contributed by atoms with Crippen LogP contribution in [0.1, 0.15) is 11.4 Å². The van der Waals surface area contributed by atoms with E-state index in [0.29, 0.717) is 12.5 Å². The van der Waals surface area contributed by atoms with Gasteiger partial charge < -0.3 is 14.5 Å². The lowest BCUT2D eigenvalue weighted by molar-refractivity contribution is 0.733. The van der Waals surface area contributed by atoms with E-state index in [1.807, 2.05) is 42.2 Å². The number of benzene rings is 1. The summed E-state index contributed by atoms with van der Waals surface area (Å²) in [5, 5.41) is 3.24. The Morgan fingerprint density at radius 2 is 1.96 bits per heavy atom. The van der Waals surface area contributed by atoms with Crippen molar-refractivity contribution >= 4 is 17.1 Å². The van der Waals surface area contributed by atoms with Crippen LogP contribution in [-0.2, 0) is 20.1 Å². The van der Waals surface area contributed by atoms with Gasteiger partial charge in [0.1, 0.15) is 11.3 Å². The summed E-state index contributed by atoms with van der Waals surface area (Å²) < 4.78 is 3.99. The molecule has 0 saturated heterocycles. The number of aromatic nitrogens is 6. The summed E-state index contributed by atoms with van der Waals surface area (Å²) in [7, 11) is 1.92. The van der Waals surface area contributed by atoms with Crippen LogP contribution in [0.15, 0.2) is 55.2 Å². The maximum absolute atomic E-state index is 4.49. The number of aryl methyl sites for hydroxylation is 1. The van der Waals surface area contributed by atoms with Gasteiger partial charge in [0.25, 0.3) is 0 Å². The van der Waals surface area contributed by atoms with Gasteiger partial charge in [-0.2, -0.15) is 4.98 Å². The molecule has 0 aliphatic rings. The Bertz CT molecular complexity index is 955. The van der Waals surface area contributed by atoms with Crippen molar-refractivity contribution in [2.24, 2.45) is 7.05 Å². The third-order valence-electron chi connectivity index (χ3n) is 3.86. The van der Waals surface area contributed by atoms with E-state index in [-0.39, 0.29) is 0 Å². The monoisotopic (exact) mass is 319 g/mol. The van der Waals surface area contributed by atoms with Crippen LogP contribution in [0.3, 0.4) is 0 Å². The molecule has 4 aromatic rings. The number of nitrogens with zero attached hydrogens (tertiary/aromatic N) is 6. The van der Waals surface area contributed by atoms with Gasteiger partial charge in [-0.05, 0) is 5.56 Å². The lowest BCUT2D eigenvalue weighted by atomic mass is 10.2. The molecule has 0 amide bonds. The summed E-state index contributed by atoms with van der Waals surface area (Å²) >= 11 is 0. The molecule has 0 aliphatic carbocycles. The second-order valence-electron chi connectivity index (χ2n) is 5.57. The molecule has 3 heterocycles. The van der Waals surface area contributed by atoms with Crippen molar-refractivity contribution in [2.75, 3.05) is 5.32 Å². The largest absolute Gasteiger partial charge is 0.347 e. The first-order chi connectivity index (χ1) is 11.8. The van der Waals surface area contributed by atoms with Crippen LogP contribution >= 0.6 is 0 Å². The Morgan fingerprint density at radius 1 is 1.08 bits per heavy atom. The quantitative estimate of drug-likeness (QED) is 0.610. The van der Waals surface area contributed by atoms with Gasteiger partial charge in [-0.15, -0.1) is 0 Å². The molecule has 1 aromatic carbocycles. The molecule has 7 nitrogen and oxygen atoms in total. The van der Waals surface area contributed by atoms with Crippen LogP contribution in [0.2, 0.25) is 0 Å². The van der Waals surface area contributed by atoms with E-state index in [9.17, 15) is 0 Å². The molecular formula is C17H17N7. The van der Waals surface area contributed by atoms with Crippen molar-refractivity contribution < 1.29 is 0 Å². The van der Waals surface area contributed by atoms with E-state index < -0.39 is 0 Å². The van der Waals surface area contributed by atoms with E-state index >= 15 is 0 Å². The first-order valence-corrected chi connectivity index (χ1v) is 7.71. The first kappa shape index (κ1) is 14.4. The summed E-state index contributed by atoms with van der Waals surface area (Å²) in [5.41, 5.74) is 2.83. The van der Waals surface area contributed by atoms with Gasteiger partial charge >= 0.3 is 0 Å². The molecule has 120 valence electrons. The van der Waals surface area contributed by atoms with Gasteiger partial charge in [0.15, 0.2) is 5.65 Å². The van der Waals surface area contributed by atoms with Crippen LogP contribution in [0, 0.1) is 0 Å². The van der Waals surface area contributed by atoms with Crippen molar-refractivity contribution in [1.82, 2.24) is 29.1 Å². The summed E-state index contributed by atoms with van der Waals surface area (Å²) in [6.45, 7) is 1.35. The Kier molecular flexibility index (Phi) is 3.66. The molecular weight excluding hydrogens is 302 g/mol. The maximum Gasteiger partial charge on any atom is 0.225 e. The smallest absolute Gasteiger partial charge is 0.225 e. The van der Waals surface area contributed by atoms with Gasteiger partial charge in [0, 0.05) is 26.0 Å². The predicted molar refractivity (Wildman–Crippen MR) is 91.4 cm³/mol. The van der Waals surface area contributed by atoms with Crippen molar-refractivity contribution in [3.63, 3.8) is 0 Å². The molecule has 0 radical (unpaired) electrons. The average molecular weight is 319 g/mol. The minimum absolute atomic E-state index is 0.559. The number of imidazole rings is 2. The van der Waals surface area contributed by atoms with Crippen LogP contribution in [0.5, 0.6) is 0 Å². The molecule has 0 unspecified atom stereocenters. The second-order valence-corrected chi connectivity index (χ2v) is 5.57. The Morgan fingerprint density at radius 3 is 2.83 bits per heavy atom. The maximum atomic E-state index is 4.49. The topological polar surface area (TPSA) is 73.5 Å². The molecule has 7 heteroatoms. The number of hydrogen-bond acceptors (Lipinski definition) is 5. The summed E-state index contributed by atoms with van der Waals surface area (Å²) in [4.78, 5) is 17.4. The zero-order valence-electron chi connectivity index (χ0n) is 13.3. The van der Waals surface area contributed by atoms with Crippen LogP contribution in [0.25, 0.3) is 11.2 Å². The number of fused-ring (bicyclic) bond motifs is 1. The normalized spacial score (nSPS) is 11.0. The predicted octanol–water partition coefficient (Wildman–Crippen LogP) is 2.22. The first-order valence-electron chi connectivity index (χ1n) is 7.71. The third kappa shape index (κ3) is 2.83. The Labute approximate surface area is 139 Å². The highest BCUT2D eigenvalue weighted by molar-refractivity contribution is 5.70. The molecule has 0 fully saturated rings. The van der Waals surface area contributed by atoms with Crippen LogP contribution in [-0.4, -0.2) is 29.1 Å². The van der Waals surface area contributed by atoms with E-state index in [0.717, 1.165) is 23.5 Å². The lowest BCUT2D eigenvalue weighted by Crippen LogP contribution is -2.11. The number of hydrogen-bond donors (Lipinski definition) is 1. The van der Waals surface area contributed by atoms with Crippen LogP contribution in [0.4, 0.5) is 5.95 Å². The van der Waals surface area contributed by atoms with Crippen molar-refractivity contribution in [1.29, 1.82) is 0 Å². The Balaban J connectivity index is 1.49. The van der Waals surface area contributed by atoms with Crippen molar-refractivity contribution in [3.8, 4) is 0 Å². The Hall–Kier alpha value is -3.22. The molecule has 0 spiro atoms. The molecule has 0 saturated carbocycles. The fourth-order valence-corrected chi connectivity index (χ4v) is 2.60. The molecule has 0 atom stereocenters. The summed E-state index contributed by atoms with van der Waals surface area (Å²) in [6.07, 6.45) is 7.25. The van der Waals surface area contributed by atoms with Gasteiger partial charge in [0.2, 0.25) is 5.95 Å². The lowest BCUT2D eigenvalue weighted by Gasteiger charge is -2.09. The number of nitrogens with one attached hydrogen (secondary N) is 1. The second kappa shape index (κ2) is 6.11. The standard InChI is InChI=1S/C17H17N7/c1-23-12-21-14-9-19-17(22-16(14)23)20-10-15-18-7-8-24(15)11-13-5-3-2-4-6-13/h2-9,12H,10-11H2,1H3,(H,19,20,22). The minimum Gasteiger partial charge on any atom is -0.347 e. The molecule has 0 bridgehead atoms. The summed E-state index contributed by atoms with van der Waals surface area (Å²) in [6, 6.07) is 10.3. The van der Waals surface area contributed by atoms with Gasteiger partial charge in [-0.1, -0.05) is 30.3 Å². The highest BCUT2D eigenvalue weighted by atomic mass is 15.2. The molecule has 0 aliphatic heterocycles. The third-order valence-corrected chi connectivity index (χ3v) is 3.86. The van der Waals surface area contributed by atoms with Gasteiger partial charge in [-0.25, -0.2) is 15.0 Å². The summed E-state index contributed by atoms with van der Waals surface area (Å²) in [5.74, 6) is 1.51. The fourth-order valence-electron chi connectivity index (χ4n) is 2.60. The zero-order valence-corrected chi connectivity index (χ0v) is 13.3. The van der Waals surface area contributed by atoms with E-state index in [4.69, 9.17) is 0 Å². The molecule has 1 N–H and O–H groups in total. The molecule has 4 rings (SSSR count). The fraction of sp³-hybridized carbons (Fsp3) is 0.176. The highest BCUT2D eigenvalue weighted by Crippen LogP contribution is 2.11. The molecule has 24 heavy (non-hydrogen) atoms. The van der Waals surface area contributed by atoms with Gasteiger partial charge in [0.05, 0.1) is 19.1 Å². The van der Waals surface area contributed by atoms with Gasteiger partial charge in [-0.3, -0.25) is 0 Å². The van der Waals surface area contributed by atoms with E-state index in [2.05, 4.69) is 42.0 Å². The molecule has 3 aromatic heterocycles. The van der Waals surface area contributed by atoms with Crippen LogP contribution < -0.4 is 5.32 Å². The average Bonchev–Trinajstić information content (AvgIpc) is 3.21.